The van der Waals surface area contributed by atoms with Crippen LogP contribution < -0.4 is 15.0 Å². The number of rotatable bonds is 5. The molecule has 1 fully saturated rings. The molecule has 6 heteroatoms. The van der Waals surface area contributed by atoms with E-state index in [1.54, 1.807) is 7.11 Å². The Bertz CT molecular complexity index is 940. The molecule has 0 aliphatic carbocycles. The number of hydrogen-bond acceptors (Lipinski definition) is 3. The monoisotopic (exact) mass is 378 g/mol. The van der Waals surface area contributed by atoms with E-state index in [1.807, 2.05) is 42.6 Å². The van der Waals surface area contributed by atoms with Gasteiger partial charge in [0, 0.05) is 36.4 Å². The molecule has 0 radical (unpaired) electrons. The molecule has 27 heavy (non-hydrogen) atoms. The summed E-state index contributed by atoms with van der Waals surface area (Å²) in [6, 6.07) is 18.2. The second-order valence-electron chi connectivity index (χ2n) is 6.42. The number of aryl methyl sites for hydroxylation is 1. The molecular formula is C21H22N4OS. The van der Waals surface area contributed by atoms with Gasteiger partial charge < -0.3 is 19.5 Å². The highest BCUT2D eigenvalue weighted by molar-refractivity contribution is 7.80. The molecule has 5 nitrogen and oxygen atoms in total. The summed E-state index contributed by atoms with van der Waals surface area (Å²) in [6.07, 6.45) is 3.93. The van der Waals surface area contributed by atoms with Crippen LogP contribution in [0.15, 0.2) is 67.0 Å². The summed E-state index contributed by atoms with van der Waals surface area (Å²) in [5.74, 6) is 0.807. The van der Waals surface area contributed by atoms with Crippen LogP contribution in [0.1, 0.15) is 30.4 Å². The van der Waals surface area contributed by atoms with Crippen molar-refractivity contribution in [3.05, 3.63) is 78.4 Å². The zero-order valence-electron chi connectivity index (χ0n) is 15.4. The number of nitrogens with one attached hydrogen (secondary N) is 1. The first-order valence-corrected chi connectivity index (χ1v) is 9.43. The maximum atomic E-state index is 5.75. The van der Waals surface area contributed by atoms with Gasteiger partial charge in [-0.05, 0) is 55.5 Å². The van der Waals surface area contributed by atoms with Crippen LogP contribution in [0.4, 0.5) is 5.69 Å². The maximum Gasteiger partial charge on any atom is 0.174 e. The van der Waals surface area contributed by atoms with Gasteiger partial charge in [0.05, 0.1) is 18.8 Å². The van der Waals surface area contributed by atoms with Crippen molar-refractivity contribution >= 4 is 23.0 Å². The van der Waals surface area contributed by atoms with Gasteiger partial charge in [-0.1, -0.05) is 12.1 Å². The van der Waals surface area contributed by atoms with E-state index in [4.69, 9.17) is 17.0 Å². The second kappa shape index (κ2) is 7.40. The number of methoxy groups -OCH3 is 1. The number of benzene rings is 1. The van der Waals surface area contributed by atoms with Crippen molar-refractivity contribution in [2.45, 2.75) is 25.6 Å². The van der Waals surface area contributed by atoms with Crippen molar-refractivity contribution < 1.29 is 4.74 Å². The molecule has 0 bridgehead atoms. The number of nitrogens with zero attached hydrogens (tertiary/aromatic N) is 3. The van der Waals surface area contributed by atoms with Gasteiger partial charge in [0.15, 0.2) is 5.11 Å². The Morgan fingerprint density at radius 3 is 2.78 bits per heavy atom. The lowest BCUT2D eigenvalue weighted by Gasteiger charge is -2.29. The smallest absolute Gasteiger partial charge is 0.174 e. The maximum absolute atomic E-state index is 5.75. The van der Waals surface area contributed by atoms with Crippen LogP contribution in [0.25, 0.3) is 0 Å². The molecule has 0 saturated carbocycles. The summed E-state index contributed by atoms with van der Waals surface area (Å²) in [5.41, 5.74) is 3.17. The Morgan fingerprint density at radius 2 is 2.04 bits per heavy atom. The van der Waals surface area contributed by atoms with Gasteiger partial charge >= 0.3 is 0 Å². The standard InChI is InChI=1S/C21H22N4OS/c1-3-24-13-7-11-18(24)20-19(17-10-4-5-12-22-17)23-21(27)25(20)15-8-6-9-16(14-15)26-2/h4-14,19-20H,3H2,1-2H3,(H,23,27)/t19-,20-/m0/s1. The number of anilines is 1. The first-order valence-electron chi connectivity index (χ1n) is 9.02. The van der Waals surface area contributed by atoms with E-state index in [9.17, 15) is 0 Å². The van der Waals surface area contributed by atoms with E-state index in [0.717, 1.165) is 23.7 Å². The zero-order valence-corrected chi connectivity index (χ0v) is 16.2. The predicted molar refractivity (Wildman–Crippen MR) is 111 cm³/mol. The normalized spacial score (nSPS) is 19.2. The van der Waals surface area contributed by atoms with Crippen LogP contribution in [-0.4, -0.2) is 21.8 Å². The van der Waals surface area contributed by atoms with E-state index in [-0.39, 0.29) is 12.1 Å². The van der Waals surface area contributed by atoms with Crippen molar-refractivity contribution in [2.75, 3.05) is 12.0 Å². The van der Waals surface area contributed by atoms with Crippen molar-refractivity contribution in [1.29, 1.82) is 0 Å². The molecule has 4 rings (SSSR count). The van der Waals surface area contributed by atoms with Crippen LogP contribution in [0.5, 0.6) is 5.75 Å². The highest BCUT2D eigenvalue weighted by Gasteiger charge is 2.41. The van der Waals surface area contributed by atoms with Crippen molar-refractivity contribution in [2.24, 2.45) is 0 Å². The minimum absolute atomic E-state index is 0.00513. The number of hydrogen-bond donors (Lipinski definition) is 1. The van der Waals surface area contributed by atoms with Gasteiger partial charge in [-0.25, -0.2) is 0 Å². The Hall–Kier alpha value is -2.86. The largest absolute Gasteiger partial charge is 0.497 e. The molecule has 1 aliphatic rings. The lowest BCUT2D eigenvalue weighted by atomic mass is 10.0. The third-order valence-corrected chi connectivity index (χ3v) is 5.25. The van der Waals surface area contributed by atoms with Gasteiger partial charge in [0.1, 0.15) is 11.8 Å². The summed E-state index contributed by atoms with van der Waals surface area (Å²) in [4.78, 5) is 6.76. The van der Waals surface area contributed by atoms with Crippen molar-refractivity contribution in [3.63, 3.8) is 0 Å². The molecule has 1 aliphatic heterocycles. The molecule has 3 heterocycles. The summed E-state index contributed by atoms with van der Waals surface area (Å²) in [7, 11) is 1.68. The third-order valence-electron chi connectivity index (χ3n) is 4.94. The van der Waals surface area contributed by atoms with Crippen LogP contribution >= 0.6 is 12.2 Å². The molecule has 1 N–H and O–H groups in total. The van der Waals surface area contributed by atoms with Gasteiger partial charge in [-0.2, -0.15) is 0 Å². The lowest BCUT2D eigenvalue weighted by Crippen LogP contribution is -2.30. The Labute approximate surface area is 164 Å². The summed E-state index contributed by atoms with van der Waals surface area (Å²) in [5, 5.41) is 4.17. The van der Waals surface area contributed by atoms with Gasteiger partial charge in [-0.3, -0.25) is 4.98 Å². The molecular weight excluding hydrogens is 356 g/mol. The van der Waals surface area contributed by atoms with Gasteiger partial charge in [0.2, 0.25) is 0 Å². The quantitative estimate of drug-likeness (QED) is 0.678. The fraction of sp³-hybridized carbons (Fsp3) is 0.238. The fourth-order valence-electron chi connectivity index (χ4n) is 3.68. The van der Waals surface area contributed by atoms with Gasteiger partial charge in [0.25, 0.3) is 0 Å². The number of thiocarbonyl (C=S) groups is 1. The lowest BCUT2D eigenvalue weighted by molar-refractivity contribution is 0.414. The van der Waals surface area contributed by atoms with Crippen molar-refractivity contribution in [3.8, 4) is 5.75 Å². The molecule has 2 atom stereocenters. The van der Waals surface area contributed by atoms with E-state index in [1.165, 1.54) is 5.69 Å². The number of pyridine rings is 1. The first-order chi connectivity index (χ1) is 13.2. The van der Waals surface area contributed by atoms with Crippen molar-refractivity contribution in [1.82, 2.24) is 14.9 Å². The highest BCUT2D eigenvalue weighted by Crippen LogP contribution is 2.42. The van der Waals surface area contributed by atoms with E-state index >= 15 is 0 Å². The van der Waals surface area contributed by atoms with Crippen LogP contribution in [-0.2, 0) is 6.54 Å². The fourth-order valence-corrected chi connectivity index (χ4v) is 4.02. The summed E-state index contributed by atoms with van der Waals surface area (Å²) < 4.78 is 7.68. The predicted octanol–water partition coefficient (Wildman–Crippen LogP) is 4.09. The Kier molecular flexibility index (Phi) is 4.81. The summed E-state index contributed by atoms with van der Waals surface area (Å²) >= 11 is 5.75. The highest BCUT2D eigenvalue weighted by atomic mass is 32.1. The molecule has 1 aromatic carbocycles. The first kappa shape index (κ1) is 17.5. The topological polar surface area (TPSA) is 42.3 Å². The third kappa shape index (κ3) is 3.17. The SMILES string of the molecule is CCn1cccc1[C@H]1[C@H](c2ccccn2)NC(=S)N1c1cccc(OC)c1. The molecule has 2 aromatic heterocycles. The second-order valence-corrected chi connectivity index (χ2v) is 6.80. The minimum Gasteiger partial charge on any atom is -0.497 e. The molecule has 3 aromatic rings. The molecule has 138 valence electrons. The van der Waals surface area contributed by atoms with Gasteiger partial charge in [-0.15, -0.1) is 0 Å². The van der Waals surface area contributed by atoms with E-state index < -0.39 is 0 Å². The molecule has 0 amide bonds. The van der Waals surface area contributed by atoms with Crippen LogP contribution in [0.2, 0.25) is 0 Å². The number of aromatic nitrogens is 2. The Morgan fingerprint density at radius 1 is 1.15 bits per heavy atom. The number of ether oxygens (including phenoxy) is 1. The molecule has 1 saturated heterocycles. The van der Waals surface area contributed by atoms with Crippen LogP contribution in [0.3, 0.4) is 0 Å². The van der Waals surface area contributed by atoms with Crippen LogP contribution in [0, 0.1) is 0 Å². The zero-order chi connectivity index (χ0) is 18.8. The minimum atomic E-state index is -0.0369. The average Bonchev–Trinajstić information content (AvgIpc) is 3.32. The van der Waals surface area contributed by atoms with E-state index in [2.05, 4.69) is 51.1 Å². The summed E-state index contributed by atoms with van der Waals surface area (Å²) in [6.45, 7) is 3.04. The average molecular weight is 379 g/mol. The molecule has 0 spiro atoms. The molecule has 0 unspecified atom stereocenters. The van der Waals surface area contributed by atoms with E-state index in [0.29, 0.717) is 5.11 Å². The Balaban J connectivity index is 1.84.